The Hall–Kier alpha value is -3.63. The zero-order valence-electron chi connectivity index (χ0n) is 19.1. The van der Waals surface area contributed by atoms with E-state index in [9.17, 15) is 14.7 Å². The van der Waals surface area contributed by atoms with Gasteiger partial charge >= 0.3 is 5.63 Å². The third-order valence-corrected chi connectivity index (χ3v) is 6.00. The molecule has 1 atom stereocenters. The van der Waals surface area contributed by atoms with E-state index in [1.165, 1.54) is 0 Å². The summed E-state index contributed by atoms with van der Waals surface area (Å²) >= 11 is 0. The number of fused-ring (bicyclic) bond motifs is 2. The summed E-state index contributed by atoms with van der Waals surface area (Å²) in [5.74, 6) is 5.58. The van der Waals surface area contributed by atoms with Gasteiger partial charge < -0.3 is 19.7 Å². The number of nitrogens with zero attached hydrogens (tertiary/aromatic N) is 1. The molecule has 1 aliphatic heterocycles. The predicted octanol–water partition coefficient (Wildman–Crippen LogP) is 3.49. The number of carbonyl (C=O) groups is 1. The van der Waals surface area contributed by atoms with Crippen LogP contribution < -0.4 is 15.7 Å². The number of aliphatic hydroxyl groups is 1. The van der Waals surface area contributed by atoms with Crippen LogP contribution in [-0.2, 0) is 16.6 Å². The van der Waals surface area contributed by atoms with Crippen LogP contribution in [0.2, 0.25) is 0 Å². The van der Waals surface area contributed by atoms with Crippen molar-refractivity contribution in [3.63, 3.8) is 0 Å². The molecule has 7 heteroatoms. The van der Waals surface area contributed by atoms with Crippen molar-refractivity contribution in [1.29, 1.82) is 0 Å². The van der Waals surface area contributed by atoms with E-state index < -0.39 is 22.5 Å². The number of benzene rings is 2. The van der Waals surface area contributed by atoms with Gasteiger partial charge in [0.1, 0.15) is 5.75 Å². The first-order valence-electron chi connectivity index (χ1n) is 10.8. The van der Waals surface area contributed by atoms with Crippen molar-refractivity contribution in [2.75, 3.05) is 11.9 Å². The van der Waals surface area contributed by atoms with Crippen LogP contribution in [0, 0.1) is 18.8 Å². The fourth-order valence-electron chi connectivity index (χ4n) is 4.41. The van der Waals surface area contributed by atoms with Gasteiger partial charge in [0.25, 0.3) is 5.91 Å². The molecule has 0 fully saturated rings. The third-order valence-electron chi connectivity index (χ3n) is 6.00. The highest BCUT2D eigenvalue weighted by Gasteiger charge is 2.42. The predicted molar refractivity (Wildman–Crippen MR) is 125 cm³/mol. The van der Waals surface area contributed by atoms with E-state index in [1.807, 2.05) is 32.0 Å². The fourth-order valence-corrected chi connectivity index (χ4v) is 4.41. The number of para-hydroxylation sites is 1. The van der Waals surface area contributed by atoms with E-state index in [1.54, 1.807) is 32.0 Å². The Morgan fingerprint density at radius 1 is 1.24 bits per heavy atom. The molecule has 0 spiro atoms. The molecule has 1 amide bonds. The smallest absolute Gasteiger partial charge is 0.366 e. The van der Waals surface area contributed by atoms with Crippen LogP contribution in [0.15, 0.2) is 45.7 Å². The van der Waals surface area contributed by atoms with Gasteiger partial charge in [0, 0.05) is 29.5 Å². The van der Waals surface area contributed by atoms with E-state index >= 15 is 0 Å². The third kappa shape index (κ3) is 4.22. The summed E-state index contributed by atoms with van der Waals surface area (Å²) in [5, 5.41) is 18.8. The van der Waals surface area contributed by atoms with Gasteiger partial charge in [0.05, 0.1) is 17.7 Å². The lowest BCUT2D eigenvalue weighted by Gasteiger charge is -2.33. The second-order valence-electron chi connectivity index (χ2n) is 8.96. The summed E-state index contributed by atoms with van der Waals surface area (Å²) in [6.07, 6.45) is 0.900. The Morgan fingerprint density at radius 2 is 2.03 bits per heavy atom. The number of nitrogens with one attached hydrogen (secondary N) is 1. The van der Waals surface area contributed by atoms with Crippen LogP contribution in [0.5, 0.6) is 5.75 Å². The number of ether oxygens (including phenoxy) is 1. The molecule has 3 aromatic rings. The summed E-state index contributed by atoms with van der Waals surface area (Å²) in [7, 11) is 0. The van der Waals surface area contributed by atoms with Crippen LogP contribution >= 0.6 is 0 Å². The highest BCUT2D eigenvalue weighted by Crippen LogP contribution is 2.41. The topological polar surface area (TPSA) is 102 Å². The van der Waals surface area contributed by atoms with E-state index in [0.29, 0.717) is 28.8 Å². The molecule has 2 aromatic carbocycles. The number of aromatic nitrogens is 1. The van der Waals surface area contributed by atoms with Crippen LogP contribution in [0.25, 0.3) is 10.8 Å². The molecule has 4 rings (SSSR count). The lowest BCUT2D eigenvalue weighted by atomic mass is 9.74. The van der Waals surface area contributed by atoms with Crippen molar-refractivity contribution in [1.82, 2.24) is 5.16 Å². The molecule has 0 bridgehead atoms. The highest BCUT2D eigenvalue weighted by molar-refractivity contribution is 6.01. The quantitative estimate of drug-likeness (QED) is 0.582. The van der Waals surface area contributed by atoms with Crippen molar-refractivity contribution in [3.8, 4) is 17.6 Å². The monoisotopic (exact) mass is 446 g/mol. The maximum atomic E-state index is 13.3. The molecule has 33 heavy (non-hydrogen) atoms. The molecule has 7 nitrogen and oxygen atoms in total. The van der Waals surface area contributed by atoms with Crippen LogP contribution in [0.4, 0.5) is 5.69 Å². The Morgan fingerprint density at radius 3 is 2.79 bits per heavy atom. The van der Waals surface area contributed by atoms with Crippen molar-refractivity contribution in [2.45, 2.75) is 51.6 Å². The number of anilines is 1. The summed E-state index contributed by atoms with van der Waals surface area (Å²) in [6, 6.07) is 10.7. The van der Waals surface area contributed by atoms with Gasteiger partial charge in [-0.25, -0.2) is 4.79 Å². The van der Waals surface area contributed by atoms with Gasteiger partial charge in [-0.2, -0.15) is 0 Å². The Balaban J connectivity index is 1.65. The van der Waals surface area contributed by atoms with E-state index in [0.717, 1.165) is 23.3 Å². The van der Waals surface area contributed by atoms with Gasteiger partial charge in [-0.3, -0.25) is 4.79 Å². The number of hydrogen-bond donors (Lipinski definition) is 2. The second-order valence-corrected chi connectivity index (χ2v) is 8.96. The lowest BCUT2D eigenvalue weighted by Crippen LogP contribution is -2.46. The zero-order chi connectivity index (χ0) is 23.8. The minimum atomic E-state index is -1.95. The minimum Gasteiger partial charge on any atom is -0.493 e. The first-order valence-corrected chi connectivity index (χ1v) is 10.8. The number of hydrogen-bond acceptors (Lipinski definition) is 6. The maximum Gasteiger partial charge on any atom is 0.366 e. The van der Waals surface area contributed by atoms with E-state index in [-0.39, 0.29) is 6.42 Å². The minimum absolute atomic E-state index is 0.0598. The Labute approximate surface area is 191 Å². The molecule has 0 saturated heterocycles. The molecular weight excluding hydrogens is 420 g/mol. The molecule has 1 aromatic heterocycles. The molecule has 1 unspecified atom stereocenters. The van der Waals surface area contributed by atoms with E-state index in [4.69, 9.17) is 9.26 Å². The number of aryl methyl sites for hydroxylation is 1. The normalized spacial score (nSPS) is 14.6. The van der Waals surface area contributed by atoms with Gasteiger partial charge in [0.2, 0.25) is 5.60 Å². The largest absolute Gasteiger partial charge is 0.493 e. The van der Waals surface area contributed by atoms with Crippen LogP contribution in [0.1, 0.15) is 44.0 Å². The van der Waals surface area contributed by atoms with Gasteiger partial charge in [-0.05, 0) is 43.0 Å². The van der Waals surface area contributed by atoms with Crippen LogP contribution in [0.3, 0.4) is 0 Å². The number of rotatable bonds is 5. The first kappa shape index (κ1) is 22.6. The average molecular weight is 447 g/mol. The van der Waals surface area contributed by atoms with Crippen molar-refractivity contribution < 1.29 is 19.2 Å². The molecule has 0 radical (unpaired) electrons. The summed E-state index contributed by atoms with van der Waals surface area (Å²) < 4.78 is 10.6. The van der Waals surface area contributed by atoms with Gasteiger partial charge in [-0.1, -0.05) is 43.1 Å². The van der Waals surface area contributed by atoms with Gasteiger partial charge in [0.15, 0.2) is 0 Å². The van der Waals surface area contributed by atoms with Crippen molar-refractivity contribution in [2.24, 2.45) is 0 Å². The van der Waals surface area contributed by atoms with E-state index in [2.05, 4.69) is 22.3 Å². The molecule has 1 aliphatic rings. The molecule has 0 aliphatic carbocycles. The SMILES string of the molecule is CC#CC(O)(CC(C)(C)c1cccc2c1OCC2)C(=O)Nc1ccc2c(=O)onc(C)c2c1. The van der Waals surface area contributed by atoms with Crippen LogP contribution in [-0.4, -0.2) is 28.4 Å². The highest BCUT2D eigenvalue weighted by atomic mass is 16.5. The molecule has 170 valence electrons. The standard InChI is InChI=1S/C26H26N2O5/c1-5-12-26(31,15-25(3,4)21-8-6-7-17-11-13-32-22(17)21)24(30)27-18-9-10-19-20(14-18)16(2)28-33-23(19)29/h6-10,14,31H,11,13,15H2,1-4H3,(H,27,30). The second kappa shape index (κ2) is 8.38. The lowest BCUT2D eigenvalue weighted by molar-refractivity contribution is -0.130. The van der Waals surface area contributed by atoms with Crippen molar-refractivity contribution in [3.05, 3.63) is 63.6 Å². The molecule has 2 N–H and O–H groups in total. The number of carbonyl (C=O) groups excluding carboxylic acids is 1. The maximum absolute atomic E-state index is 13.3. The Kier molecular flexibility index (Phi) is 5.73. The summed E-state index contributed by atoms with van der Waals surface area (Å²) in [4.78, 5) is 25.2. The first-order chi connectivity index (χ1) is 15.6. The fraction of sp³-hybridized carbons (Fsp3) is 0.346. The zero-order valence-corrected chi connectivity index (χ0v) is 19.1. The van der Waals surface area contributed by atoms with Crippen molar-refractivity contribution >= 4 is 22.4 Å². The molecule has 0 saturated carbocycles. The summed E-state index contributed by atoms with van der Waals surface area (Å²) in [5.41, 5.74) is -0.113. The molecule has 2 heterocycles. The average Bonchev–Trinajstić information content (AvgIpc) is 3.25. The Bertz CT molecular complexity index is 1360. The summed E-state index contributed by atoms with van der Waals surface area (Å²) in [6.45, 7) is 7.84. The molecular formula is C26H26N2O5. The van der Waals surface area contributed by atoms with Gasteiger partial charge in [-0.15, -0.1) is 5.92 Å². The number of amides is 1.